The third kappa shape index (κ3) is 5.31. The van der Waals surface area contributed by atoms with Gasteiger partial charge < -0.3 is 20.1 Å². The van der Waals surface area contributed by atoms with Crippen LogP contribution in [0.4, 0.5) is 10.8 Å². The molecule has 0 saturated carbocycles. The average molecular weight is 444 g/mol. The highest BCUT2D eigenvalue weighted by Crippen LogP contribution is 2.30. The van der Waals surface area contributed by atoms with Gasteiger partial charge in [0.25, 0.3) is 5.91 Å². The van der Waals surface area contributed by atoms with Crippen molar-refractivity contribution in [2.24, 2.45) is 0 Å². The van der Waals surface area contributed by atoms with E-state index in [-0.39, 0.29) is 17.1 Å². The summed E-state index contributed by atoms with van der Waals surface area (Å²) in [5.41, 5.74) is 0.919. The Kier molecular flexibility index (Phi) is 7.31. The lowest BCUT2D eigenvalue weighted by Crippen LogP contribution is -2.22. The summed E-state index contributed by atoms with van der Waals surface area (Å²) in [4.78, 5) is 30.1. The number of carbonyl (C=O) groups excluding carboxylic acids is 2. The number of hydrogen-bond acceptors (Lipinski definition) is 7. The van der Waals surface area contributed by atoms with E-state index in [2.05, 4.69) is 15.6 Å². The lowest BCUT2D eigenvalue weighted by atomic mass is 10.1. The smallest absolute Gasteiger partial charge is 0.263 e. The van der Waals surface area contributed by atoms with Crippen LogP contribution in [0, 0.1) is 0 Å². The van der Waals surface area contributed by atoms with Crippen molar-refractivity contribution in [1.29, 1.82) is 0 Å². The number of hydrogen-bond donors (Lipinski definition) is 2. The molecule has 7 nitrogen and oxygen atoms in total. The van der Waals surface area contributed by atoms with Crippen molar-refractivity contribution in [3.63, 3.8) is 0 Å². The summed E-state index contributed by atoms with van der Waals surface area (Å²) in [6.07, 6.45) is 1.64. The predicted octanol–water partition coefficient (Wildman–Crippen LogP) is 4.53. The van der Waals surface area contributed by atoms with Gasteiger partial charge in [0.15, 0.2) is 5.13 Å². The molecule has 0 radical (unpaired) electrons. The highest BCUT2D eigenvalue weighted by molar-refractivity contribution is 8.00. The summed E-state index contributed by atoms with van der Waals surface area (Å²) >= 11 is 2.76. The molecule has 0 bridgehead atoms. The van der Waals surface area contributed by atoms with Gasteiger partial charge in [0, 0.05) is 22.2 Å². The second kappa shape index (κ2) is 10.1. The van der Waals surface area contributed by atoms with Gasteiger partial charge in [-0.2, -0.15) is 0 Å². The Bertz CT molecular complexity index is 1000. The van der Waals surface area contributed by atoms with Crippen LogP contribution in [0.15, 0.2) is 58.9 Å². The molecular weight excluding hydrogens is 422 g/mol. The molecule has 0 fully saturated rings. The normalized spacial score (nSPS) is 11.4. The molecule has 3 rings (SSSR count). The van der Waals surface area contributed by atoms with E-state index in [0.717, 1.165) is 4.90 Å². The minimum absolute atomic E-state index is 0.136. The van der Waals surface area contributed by atoms with E-state index in [4.69, 9.17) is 9.47 Å². The number of thiazole rings is 1. The number of nitrogens with one attached hydrogen (secondary N) is 2. The van der Waals surface area contributed by atoms with Crippen molar-refractivity contribution in [2.45, 2.75) is 17.1 Å². The molecule has 30 heavy (non-hydrogen) atoms. The van der Waals surface area contributed by atoms with Gasteiger partial charge in [-0.15, -0.1) is 23.1 Å². The Morgan fingerprint density at radius 3 is 2.40 bits per heavy atom. The van der Waals surface area contributed by atoms with Crippen LogP contribution >= 0.6 is 23.1 Å². The number of thioether (sulfide) groups is 1. The second-order valence-electron chi connectivity index (χ2n) is 6.11. The molecule has 0 aliphatic heterocycles. The lowest BCUT2D eigenvalue weighted by molar-refractivity contribution is -0.115. The number of ether oxygens (including phenoxy) is 2. The van der Waals surface area contributed by atoms with E-state index in [9.17, 15) is 9.59 Å². The van der Waals surface area contributed by atoms with E-state index < -0.39 is 0 Å². The van der Waals surface area contributed by atoms with Gasteiger partial charge in [0.1, 0.15) is 17.1 Å². The molecule has 1 atom stereocenters. The summed E-state index contributed by atoms with van der Waals surface area (Å²) < 4.78 is 10.6. The first-order valence-electron chi connectivity index (χ1n) is 9.01. The molecule has 0 saturated heterocycles. The first-order valence-corrected chi connectivity index (χ1v) is 10.8. The summed E-state index contributed by atoms with van der Waals surface area (Å²) in [6, 6.07) is 12.5. The largest absolute Gasteiger partial charge is 0.496 e. The van der Waals surface area contributed by atoms with E-state index >= 15 is 0 Å². The van der Waals surface area contributed by atoms with Gasteiger partial charge in [-0.25, -0.2) is 4.98 Å². The maximum absolute atomic E-state index is 12.8. The monoisotopic (exact) mass is 443 g/mol. The van der Waals surface area contributed by atoms with Crippen LogP contribution in [-0.4, -0.2) is 36.3 Å². The van der Waals surface area contributed by atoms with Crippen molar-refractivity contribution in [1.82, 2.24) is 4.98 Å². The van der Waals surface area contributed by atoms with Crippen LogP contribution in [0.25, 0.3) is 0 Å². The van der Waals surface area contributed by atoms with Crippen molar-refractivity contribution in [2.75, 3.05) is 24.9 Å². The minimum Gasteiger partial charge on any atom is -0.496 e. The van der Waals surface area contributed by atoms with Crippen LogP contribution in [0.1, 0.15) is 17.3 Å². The quantitative estimate of drug-likeness (QED) is 0.497. The summed E-state index contributed by atoms with van der Waals surface area (Å²) in [7, 11) is 3.00. The van der Waals surface area contributed by atoms with Gasteiger partial charge in [0.2, 0.25) is 5.91 Å². The number of carbonyl (C=O) groups is 2. The van der Waals surface area contributed by atoms with Gasteiger partial charge in [-0.05, 0) is 37.3 Å². The minimum atomic E-state index is -0.346. The van der Waals surface area contributed by atoms with Gasteiger partial charge in [0.05, 0.1) is 19.5 Å². The number of rotatable bonds is 8. The molecule has 3 aromatic rings. The molecular formula is C21H21N3O4S2. The van der Waals surface area contributed by atoms with Gasteiger partial charge in [-0.1, -0.05) is 12.1 Å². The molecule has 2 N–H and O–H groups in total. The molecule has 0 aliphatic carbocycles. The molecule has 1 unspecified atom stereocenters. The molecule has 2 amide bonds. The van der Waals surface area contributed by atoms with Gasteiger partial charge >= 0.3 is 0 Å². The Labute approximate surface area is 182 Å². The van der Waals surface area contributed by atoms with E-state index in [0.29, 0.717) is 27.9 Å². The standard InChI is InChI=1S/C21H21N3O4S2/c1-13(19(25)24-21-22-10-11-29-21)30-15-7-4-6-14(12-15)23-20(26)18-16(27-2)8-5-9-17(18)28-3/h4-13H,1-3H3,(H,23,26)(H,22,24,25). The number of benzene rings is 2. The molecule has 9 heteroatoms. The fourth-order valence-electron chi connectivity index (χ4n) is 2.67. The fraction of sp³-hybridized carbons (Fsp3) is 0.190. The Morgan fingerprint density at radius 1 is 1.07 bits per heavy atom. The number of anilines is 2. The van der Waals surface area contributed by atoms with Crippen molar-refractivity contribution in [3.05, 3.63) is 59.6 Å². The van der Waals surface area contributed by atoms with Crippen LogP contribution in [0.2, 0.25) is 0 Å². The Morgan fingerprint density at radius 2 is 1.77 bits per heavy atom. The molecule has 2 aromatic carbocycles. The zero-order valence-corrected chi connectivity index (χ0v) is 18.3. The molecule has 156 valence electrons. The average Bonchev–Trinajstić information content (AvgIpc) is 3.26. The predicted molar refractivity (Wildman–Crippen MR) is 120 cm³/mol. The van der Waals surface area contributed by atoms with Crippen LogP contribution < -0.4 is 20.1 Å². The summed E-state index contributed by atoms with van der Waals surface area (Å²) in [5, 5.41) is 7.68. The Balaban J connectivity index is 1.70. The van der Waals surface area contributed by atoms with Crippen LogP contribution in [-0.2, 0) is 4.79 Å². The molecule has 1 aromatic heterocycles. The number of amides is 2. The Hall–Kier alpha value is -3.04. The van der Waals surface area contributed by atoms with E-state index in [1.165, 1.54) is 37.3 Å². The molecule has 1 heterocycles. The highest BCUT2D eigenvalue weighted by Gasteiger charge is 2.19. The molecule has 0 aliphatic rings. The summed E-state index contributed by atoms with van der Waals surface area (Å²) in [5.74, 6) is 0.360. The van der Waals surface area contributed by atoms with Gasteiger partial charge in [-0.3, -0.25) is 9.59 Å². The van der Waals surface area contributed by atoms with Crippen LogP contribution in [0.5, 0.6) is 11.5 Å². The first-order chi connectivity index (χ1) is 14.5. The SMILES string of the molecule is COc1cccc(OC)c1C(=O)Nc1cccc(SC(C)C(=O)Nc2nccs2)c1. The van der Waals surface area contributed by atoms with E-state index in [1.54, 1.807) is 35.8 Å². The van der Waals surface area contributed by atoms with Crippen LogP contribution in [0.3, 0.4) is 0 Å². The van der Waals surface area contributed by atoms with Crippen molar-refractivity contribution < 1.29 is 19.1 Å². The molecule has 0 spiro atoms. The third-order valence-electron chi connectivity index (χ3n) is 4.09. The second-order valence-corrected chi connectivity index (χ2v) is 8.41. The van der Waals surface area contributed by atoms with Crippen molar-refractivity contribution in [3.8, 4) is 11.5 Å². The van der Waals surface area contributed by atoms with E-state index in [1.807, 2.05) is 25.1 Å². The highest BCUT2D eigenvalue weighted by atomic mass is 32.2. The lowest BCUT2D eigenvalue weighted by Gasteiger charge is -2.14. The summed E-state index contributed by atoms with van der Waals surface area (Å²) in [6.45, 7) is 1.82. The topological polar surface area (TPSA) is 89.5 Å². The third-order valence-corrected chi connectivity index (χ3v) is 5.87. The fourth-order valence-corrected chi connectivity index (χ4v) is 4.12. The maximum atomic E-state index is 12.8. The zero-order valence-electron chi connectivity index (χ0n) is 16.7. The van der Waals surface area contributed by atoms with Crippen molar-refractivity contribution >= 4 is 45.7 Å². The number of aromatic nitrogens is 1. The number of nitrogens with zero attached hydrogens (tertiary/aromatic N) is 1. The first kappa shape index (κ1) is 21.7. The number of methoxy groups -OCH3 is 2. The maximum Gasteiger partial charge on any atom is 0.263 e. The zero-order chi connectivity index (χ0) is 21.5.